The third-order valence-corrected chi connectivity index (χ3v) is 3.65. The summed E-state index contributed by atoms with van der Waals surface area (Å²) in [4.78, 5) is 12.3. The molecule has 0 radical (unpaired) electrons. The lowest BCUT2D eigenvalue weighted by Gasteiger charge is -2.17. The van der Waals surface area contributed by atoms with Crippen molar-refractivity contribution >= 4 is 5.78 Å². The molecule has 2 rings (SSSR count). The Morgan fingerprint density at radius 2 is 2.05 bits per heavy atom. The minimum absolute atomic E-state index is 0.279. The van der Waals surface area contributed by atoms with Crippen molar-refractivity contribution in [1.29, 1.82) is 0 Å². The molecule has 0 aromatic heterocycles. The summed E-state index contributed by atoms with van der Waals surface area (Å²) in [6.07, 6.45) is 3.12. The minimum atomic E-state index is 0.279. The third-order valence-electron chi connectivity index (χ3n) is 3.65. The fourth-order valence-corrected chi connectivity index (χ4v) is 2.32. The van der Waals surface area contributed by atoms with E-state index in [0.717, 1.165) is 48.3 Å². The van der Waals surface area contributed by atoms with E-state index in [2.05, 4.69) is 26.8 Å². The van der Waals surface area contributed by atoms with Gasteiger partial charge in [0.2, 0.25) is 0 Å². The SMILES string of the molecule is CCCOc1cc(C)c(C(=O)C2CC2)cc1C(C)C. The standard InChI is InChI=1S/C17H24O2/c1-5-8-19-16-9-12(4)15(10-14(16)11(2)3)17(18)13-6-7-13/h9-11,13H,5-8H2,1-4H3. The highest BCUT2D eigenvalue weighted by molar-refractivity contribution is 6.00. The van der Waals surface area contributed by atoms with Crippen molar-refractivity contribution < 1.29 is 9.53 Å². The van der Waals surface area contributed by atoms with Gasteiger partial charge in [0, 0.05) is 11.5 Å². The van der Waals surface area contributed by atoms with E-state index < -0.39 is 0 Å². The lowest BCUT2D eigenvalue weighted by Crippen LogP contribution is -2.08. The molecule has 2 heteroatoms. The maximum Gasteiger partial charge on any atom is 0.166 e. The molecule has 1 aliphatic rings. The molecule has 0 aliphatic heterocycles. The molecule has 0 spiro atoms. The lowest BCUT2D eigenvalue weighted by atomic mass is 9.93. The number of benzene rings is 1. The van der Waals surface area contributed by atoms with Gasteiger partial charge in [-0.2, -0.15) is 0 Å². The second-order valence-corrected chi connectivity index (χ2v) is 5.85. The van der Waals surface area contributed by atoms with Gasteiger partial charge in [0.15, 0.2) is 5.78 Å². The number of ether oxygens (including phenoxy) is 1. The Bertz CT molecular complexity index is 470. The van der Waals surface area contributed by atoms with E-state index in [1.807, 2.05) is 13.0 Å². The molecule has 1 fully saturated rings. The van der Waals surface area contributed by atoms with Crippen molar-refractivity contribution in [2.45, 2.75) is 52.9 Å². The number of hydrogen-bond acceptors (Lipinski definition) is 2. The fraction of sp³-hybridized carbons (Fsp3) is 0.588. The Kier molecular flexibility index (Phi) is 4.28. The highest BCUT2D eigenvalue weighted by Gasteiger charge is 2.31. The average molecular weight is 260 g/mol. The number of Topliss-reactive ketones (excluding diaryl/α,β-unsaturated/α-hetero) is 1. The second kappa shape index (κ2) is 5.77. The van der Waals surface area contributed by atoms with Crippen LogP contribution >= 0.6 is 0 Å². The van der Waals surface area contributed by atoms with Crippen LogP contribution in [0.25, 0.3) is 0 Å². The van der Waals surface area contributed by atoms with Gasteiger partial charge in [-0.25, -0.2) is 0 Å². The molecule has 0 unspecified atom stereocenters. The van der Waals surface area contributed by atoms with Gasteiger partial charge >= 0.3 is 0 Å². The van der Waals surface area contributed by atoms with Gasteiger partial charge in [-0.05, 0) is 55.4 Å². The van der Waals surface area contributed by atoms with Crippen LogP contribution in [0.3, 0.4) is 0 Å². The van der Waals surface area contributed by atoms with Crippen molar-refractivity contribution in [1.82, 2.24) is 0 Å². The van der Waals surface area contributed by atoms with E-state index in [9.17, 15) is 4.79 Å². The molecule has 1 aromatic carbocycles. The summed E-state index contributed by atoms with van der Waals surface area (Å²) in [6.45, 7) is 9.14. The Labute approximate surface area is 116 Å². The first-order valence-electron chi connectivity index (χ1n) is 7.36. The van der Waals surface area contributed by atoms with E-state index >= 15 is 0 Å². The van der Waals surface area contributed by atoms with Crippen LogP contribution in [-0.2, 0) is 0 Å². The van der Waals surface area contributed by atoms with Gasteiger partial charge in [0.05, 0.1) is 6.61 Å². The van der Waals surface area contributed by atoms with Crippen LogP contribution in [0, 0.1) is 12.8 Å². The van der Waals surface area contributed by atoms with Crippen LogP contribution in [0.15, 0.2) is 12.1 Å². The zero-order chi connectivity index (χ0) is 14.0. The predicted octanol–water partition coefficient (Wildman–Crippen LogP) is 4.50. The van der Waals surface area contributed by atoms with E-state index in [1.54, 1.807) is 0 Å². The van der Waals surface area contributed by atoms with Crippen molar-refractivity contribution in [2.75, 3.05) is 6.61 Å². The van der Waals surface area contributed by atoms with Gasteiger partial charge in [0.25, 0.3) is 0 Å². The molecule has 1 aromatic rings. The number of ketones is 1. The first-order chi connectivity index (χ1) is 9.04. The first-order valence-corrected chi connectivity index (χ1v) is 7.36. The maximum absolute atomic E-state index is 12.3. The lowest BCUT2D eigenvalue weighted by molar-refractivity contribution is 0.0967. The second-order valence-electron chi connectivity index (χ2n) is 5.85. The van der Waals surface area contributed by atoms with Crippen LogP contribution in [0.1, 0.15) is 67.4 Å². The highest BCUT2D eigenvalue weighted by Crippen LogP contribution is 2.36. The summed E-state index contributed by atoms with van der Waals surface area (Å²) in [5.41, 5.74) is 3.10. The van der Waals surface area contributed by atoms with Crippen molar-refractivity contribution in [2.24, 2.45) is 5.92 Å². The van der Waals surface area contributed by atoms with Crippen LogP contribution < -0.4 is 4.74 Å². The first kappa shape index (κ1) is 14.1. The quantitative estimate of drug-likeness (QED) is 0.704. The summed E-state index contributed by atoms with van der Waals surface area (Å²) in [5.74, 6) is 1.92. The van der Waals surface area contributed by atoms with E-state index in [1.165, 1.54) is 0 Å². The highest BCUT2D eigenvalue weighted by atomic mass is 16.5. The topological polar surface area (TPSA) is 26.3 Å². The van der Waals surface area contributed by atoms with Crippen molar-refractivity contribution in [3.63, 3.8) is 0 Å². The fourth-order valence-electron chi connectivity index (χ4n) is 2.32. The Morgan fingerprint density at radius 3 is 2.58 bits per heavy atom. The molecule has 0 atom stereocenters. The van der Waals surface area contributed by atoms with E-state index in [-0.39, 0.29) is 5.92 Å². The molecule has 104 valence electrons. The Balaban J connectivity index is 2.35. The summed E-state index contributed by atoms with van der Waals surface area (Å²) < 4.78 is 5.83. The smallest absolute Gasteiger partial charge is 0.166 e. The number of hydrogen-bond donors (Lipinski definition) is 0. The van der Waals surface area contributed by atoms with Gasteiger partial charge < -0.3 is 4.74 Å². The number of aryl methyl sites for hydroxylation is 1. The van der Waals surface area contributed by atoms with Crippen LogP contribution in [0.4, 0.5) is 0 Å². The summed E-state index contributed by atoms with van der Waals surface area (Å²) in [7, 11) is 0. The Hall–Kier alpha value is -1.31. The number of carbonyl (C=O) groups is 1. The summed E-state index contributed by atoms with van der Waals surface area (Å²) in [6, 6.07) is 4.10. The van der Waals surface area contributed by atoms with E-state index in [4.69, 9.17) is 4.74 Å². The van der Waals surface area contributed by atoms with Crippen LogP contribution in [-0.4, -0.2) is 12.4 Å². The predicted molar refractivity (Wildman–Crippen MR) is 78.1 cm³/mol. The minimum Gasteiger partial charge on any atom is -0.493 e. The normalized spacial score (nSPS) is 14.8. The molecule has 1 aliphatic carbocycles. The molecule has 0 N–H and O–H groups in total. The maximum atomic E-state index is 12.3. The molecule has 1 saturated carbocycles. The molecule has 0 heterocycles. The molecule has 2 nitrogen and oxygen atoms in total. The van der Waals surface area contributed by atoms with Gasteiger partial charge in [-0.1, -0.05) is 20.8 Å². The summed E-state index contributed by atoms with van der Waals surface area (Å²) in [5, 5.41) is 0. The molecule has 0 saturated heterocycles. The zero-order valence-corrected chi connectivity index (χ0v) is 12.5. The molecular weight excluding hydrogens is 236 g/mol. The molecule has 0 bridgehead atoms. The van der Waals surface area contributed by atoms with Crippen molar-refractivity contribution in [3.05, 3.63) is 28.8 Å². The molecular formula is C17H24O2. The Morgan fingerprint density at radius 1 is 1.37 bits per heavy atom. The monoisotopic (exact) mass is 260 g/mol. The van der Waals surface area contributed by atoms with Crippen LogP contribution in [0.2, 0.25) is 0 Å². The van der Waals surface area contributed by atoms with Gasteiger partial charge in [-0.3, -0.25) is 4.79 Å². The van der Waals surface area contributed by atoms with Crippen LogP contribution in [0.5, 0.6) is 5.75 Å². The number of rotatable bonds is 6. The molecule has 0 amide bonds. The van der Waals surface area contributed by atoms with Gasteiger partial charge in [0.1, 0.15) is 5.75 Å². The zero-order valence-electron chi connectivity index (χ0n) is 12.5. The largest absolute Gasteiger partial charge is 0.493 e. The average Bonchev–Trinajstić information content (AvgIpc) is 3.19. The van der Waals surface area contributed by atoms with E-state index in [0.29, 0.717) is 11.7 Å². The van der Waals surface area contributed by atoms with Crippen molar-refractivity contribution in [3.8, 4) is 5.75 Å². The van der Waals surface area contributed by atoms with Gasteiger partial charge in [-0.15, -0.1) is 0 Å². The third kappa shape index (κ3) is 3.17. The summed E-state index contributed by atoms with van der Waals surface area (Å²) >= 11 is 0. The number of carbonyl (C=O) groups excluding carboxylic acids is 1. The molecule has 19 heavy (non-hydrogen) atoms.